The molecule has 1 fully saturated rings. The zero-order valence-electron chi connectivity index (χ0n) is 10.5. The van der Waals surface area contributed by atoms with E-state index in [1.54, 1.807) is 0 Å². The van der Waals surface area contributed by atoms with Gasteiger partial charge in [0, 0.05) is 13.1 Å². The number of piperidine rings is 1. The van der Waals surface area contributed by atoms with E-state index in [-0.39, 0.29) is 12.4 Å². The molecule has 1 saturated heterocycles. The molecule has 0 bridgehead atoms. The van der Waals surface area contributed by atoms with Crippen LogP contribution in [-0.2, 0) is 6.54 Å². The molecule has 2 rings (SSSR count). The van der Waals surface area contributed by atoms with Crippen molar-refractivity contribution in [3.05, 3.63) is 35.9 Å². The fourth-order valence-electron chi connectivity index (χ4n) is 2.52. The van der Waals surface area contributed by atoms with Crippen LogP contribution in [0.4, 0.5) is 0 Å². The van der Waals surface area contributed by atoms with E-state index in [1.807, 2.05) is 0 Å². The van der Waals surface area contributed by atoms with Gasteiger partial charge in [-0.25, -0.2) is 0 Å². The molecule has 2 nitrogen and oxygen atoms in total. The van der Waals surface area contributed by atoms with Crippen LogP contribution in [0.3, 0.4) is 0 Å². The molecule has 0 unspecified atom stereocenters. The van der Waals surface area contributed by atoms with Crippen LogP contribution in [0.1, 0.15) is 18.9 Å². The van der Waals surface area contributed by atoms with Gasteiger partial charge in [0.2, 0.25) is 0 Å². The first kappa shape index (κ1) is 14.5. The average molecular weight is 255 g/mol. The SMILES string of the molecule is C[C@H]1CCN(Cc2ccccc2)C[C@H]1CN.Cl. The molecule has 2 atom stereocenters. The van der Waals surface area contributed by atoms with Crippen molar-refractivity contribution in [1.29, 1.82) is 0 Å². The fourth-order valence-corrected chi connectivity index (χ4v) is 2.52. The summed E-state index contributed by atoms with van der Waals surface area (Å²) in [6, 6.07) is 10.7. The van der Waals surface area contributed by atoms with E-state index in [2.05, 4.69) is 42.2 Å². The lowest BCUT2D eigenvalue weighted by atomic mass is 9.87. The predicted molar refractivity (Wildman–Crippen MR) is 75.3 cm³/mol. The van der Waals surface area contributed by atoms with Gasteiger partial charge in [-0.1, -0.05) is 37.3 Å². The standard InChI is InChI=1S/C14H22N2.ClH/c1-12-7-8-16(11-14(12)9-15)10-13-5-3-2-4-6-13;/h2-6,12,14H,7-11,15H2,1H3;1H/t12-,14+;/m0./s1. The lowest BCUT2D eigenvalue weighted by Gasteiger charge is -2.36. The molecule has 1 aliphatic rings. The summed E-state index contributed by atoms with van der Waals surface area (Å²) in [6.07, 6.45) is 1.29. The van der Waals surface area contributed by atoms with Crippen LogP contribution in [0.2, 0.25) is 0 Å². The molecule has 1 heterocycles. The molecule has 2 N–H and O–H groups in total. The molecule has 0 amide bonds. The van der Waals surface area contributed by atoms with Crippen molar-refractivity contribution < 1.29 is 0 Å². The minimum absolute atomic E-state index is 0. The van der Waals surface area contributed by atoms with E-state index in [1.165, 1.54) is 18.5 Å². The minimum atomic E-state index is 0. The summed E-state index contributed by atoms with van der Waals surface area (Å²) in [5.41, 5.74) is 7.23. The Hall–Kier alpha value is -0.570. The molecule has 1 aromatic rings. The van der Waals surface area contributed by atoms with Crippen LogP contribution < -0.4 is 5.73 Å². The quantitative estimate of drug-likeness (QED) is 0.898. The Bertz CT molecular complexity index is 315. The van der Waals surface area contributed by atoms with E-state index in [4.69, 9.17) is 5.73 Å². The first-order chi connectivity index (χ1) is 7.79. The molecule has 0 spiro atoms. The number of benzene rings is 1. The van der Waals surface area contributed by atoms with E-state index in [0.29, 0.717) is 5.92 Å². The Morgan fingerprint density at radius 3 is 2.65 bits per heavy atom. The summed E-state index contributed by atoms with van der Waals surface area (Å²) >= 11 is 0. The lowest BCUT2D eigenvalue weighted by Crippen LogP contribution is -2.42. The number of rotatable bonds is 3. The van der Waals surface area contributed by atoms with Crippen molar-refractivity contribution in [2.45, 2.75) is 19.9 Å². The van der Waals surface area contributed by atoms with Crippen molar-refractivity contribution in [3.8, 4) is 0 Å². The highest BCUT2D eigenvalue weighted by Crippen LogP contribution is 2.23. The van der Waals surface area contributed by atoms with Gasteiger partial charge in [-0.05, 0) is 36.9 Å². The molecule has 3 heteroatoms. The fraction of sp³-hybridized carbons (Fsp3) is 0.571. The van der Waals surface area contributed by atoms with Gasteiger partial charge < -0.3 is 5.73 Å². The maximum absolute atomic E-state index is 5.82. The largest absolute Gasteiger partial charge is 0.330 e. The van der Waals surface area contributed by atoms with Gasteiger partial charge in [0.15, 0.2) is 0 Å². The van der Waals surface area contributed by atoms with Crippen LogP contribution in [0.25, 0.3) is 0 Å². The van der Waals surface area contributed by atoms with Crippen molar-refractivity contribution >= 4 is 12.4 Å². The third-order valence-corrected chi connectivity index (χ3v) is 3.75. The summed E-state index contributed by atoms with van der Waals surface area (Å²) in [5, 5.41) is 0. The predicted octanol–water partition coefficient (Wildman–Crippen LogP) is 2.53. The number of hydrogen-bond donors (Lipinski definition) is 1. The Morgan fingerprint density at radius 1 is 1.29 bits per heavy atom. The molecule has 0 aromatic heterocycles. The van der Waals surface area contributed by atoms with E-state index >= 15 is 0 Å². The number of nitrogens with zero attached hydrogens (tertiary/aromatic N) is 1. The Kier molecular flexibility index (Phi) is 5.96. The second kappa shape index (κ2) is 7.00. The molecule has 0 saturated carbocycles. The highest BCUT2D eigenvalue weighted by molar-refractivity contribution is 5.85. The highest BCUT2D eigenvalue weighted by Gasteiger charge is 2.24. The molecule has 0 radical (unpaired) electrons. The van der Waals surface area contributed by atoms with Gasteiger partial charge in [-0.3, -0.25) is 4.90 Å². The van der Waals surface area contributed by atoms with Gasteiger partial charge in [-0.2, -0.15) is 0 Å². The minimum Gasteiger partial charge on any atom is -0.330 e. The molecule has 17 heavy (non-hydrogen) atoms. The molecule has 1 aromatic carbocycles. The first-order valence-electron chi connectivity index (χ1n) is 6.26. The van der Waals surface area contributed by atoms with E-state index in [9.17, 15) is 0 Å². The van der Waals surface area contributed by atoms with Crippen LogP contribution >= 0.6 is 12.4 Å². The summed E-state index contributed by atoms with van der Waals surface area (Å²) in [7, 11) is 0. The number of likely N-dealkylation sites (tertiary alicyclic amines) is 1. The molecular weight excluding hydrogens is 232 g/mol. The maximum atomic E-state index is 5.82. The molecule has 96 valence electrons. The van der Waals surface area contributed by atoms with E-state index < -0.39 is 0 Å². The van der Waals surface area contributed by atoms with Crippen LogP contribution in [0, 0.1) is 11.8 Å². The van der Waals surface area contributed by atoms with Gasteiger partial charge in [-0.15, -0.1) is 12.4 Å². The Balaban J connectivity index is 0.00000144. The molecule has 1 aliphatic heterocycles. The second-order valence-corrected chi connectivity index (χ2v) is 4.98. The van der Waals surface area contributed by atoms with Gasteiger partial charge in [0.05, 0.1) is 0 Å². The van der Waals surface area contributed by atoms with Crippen molar-refractivity contribution in [3.63, 3.8) is 0 Å². The summed E-state index contributed by atoms with van der Waals surface area (Å²) in [4.78, 5) is 2.53. The number of hydrogen-bond acceptors (Lipinski definition) is 2. The van der Waals surface area contributed by atoms with E-state index in [0.717, 1.165) is 25.6 Å². The van der Waals surface area contributed by atoms with Crippen molar-refractivity contribution in [2.24, 2.45) is 17.6 Å². The smallest absolute Gasteiger partial charge is 0.0233 e. The lowest BCUT2D eigenvalue weighted by molar-refractivity contribution is 0.126. The van der Waals surface area contributed by atoms with Crippen LogP contribution in [-0.4, -0.2) is 24.5 Å². The zero-order chi connectivity index (χ0) is 11.4. The van der Waals surface area contributed by atoms with Crippen molar-refractivity contribution in [1.82, 2.24) is 4.90 Å². The first-order valence-corrected chi connectivity index (χ1v) is 6.26. The molecular formula is C14H23ClN2. The van der Waals surface area contributed by atoms with Gasteiger partial charge in [0.1, 0.15) is 0 Å². The highest BCUT2D eigenvalue weighted by atomic mass is 35.5. The average Bonchev–Trinajstić information content (AvgIpc) is 2.33. The summed E-state index contributed by atoms with van der Waals surface area (Å²) < 4.78 is 0. The van der Waals surface area contributed by atoms with Crippen LogP contribution in [0.5, 0.6) is 0 Å². The van der Waals surface area contributed by atoms with Crippen LogP contribution in [0.15, 0.2) is 30.3 Å². The zero-order valence-corrected chi connectivity index (χ0v) is 11.3. The second-order valence-electron chi connectivity index (χ2n) is 4.98. The Morgan fingerprint density at radius 2 is 2.00 bits per heavy atom. The number of halogens is 1. The van der Waals surface area contributed by atoms with Gasteiger partial charge >= 0.3 is 0 Å². The topological polar surface area (TPSA) is 29.3 Å². The third kappa shape index (κ3) is 3.98. The molecule has 0 aliphatic carbocycles. The summed E-state index contributed by atoms with van der Waals surface area (Å²) in [5.74, 6) is 1.47. The normalized spacial score (nSPS) is 25.3. The van der Waals surface area contributed by atoms with Crippen molar-refractivity contribution in [2.75, 3.05) is 19.6 Å². The van der Waals surface area contributed by atoms with Gasteiger partial charge in [0.25, 0.3) is 0 Å². The summed E-state index contributed by atoms with van der Waals surface area (Å²) in [6.45, 7) is 6.60. The Labute approximate surface area is 111 Å². The monoisotopic (exact) mass is 254 g/mol. The number of nitrogens with two attached hydrogens (primary N) is 1. The third-order valence-electron chi connectivity index (χ3n) is 3.75. The maximum Gasteiger partial charge on any atom is 0.0233 e.